The van der Waals surface area contributed by atoms with Crippen LogP contribution >= 0.6 is 11.3 Å². The van der Waals surface area contributed by atoms with E-state index in [4.69, 9.17) is 0 Å². The highest BCUT2D eigenvalue weighted by Crippen LogP contribution is 2.21. The fraction of sp³-hybridized carbons (Fsp3) is 0.214. The summed E-state index contributed by atoms with van der Waals surface area (Å²) in [7, 11) is 0. The van der Waals surface area contributed by atoms with Crippen molar-refractivity contribution in [3.8, 4) is 11.4 Å². The average Bonchev–Trinajstić information content (AvgIpc) is 3.06. The second-order valence-corrected chi connectivity index (χ2v) is 5.48. The van der Waals surface area contributed by atoms with Crippen molar-refractivity contribution in [1.29, 1.82) is 0 Å². The fourth-order valence-corrected chi connectivity index (χ4v) is 2.64. The minimum absolute atomic E-state index is 0.722. The van der Waals surface area contributed by atoms with Gasteiger partial charge >= 0.3 is 0 Å². The minimum Gasteiger partial charge on any atom is -0.380 e. The van der Waals surface area contributed by atoms with Gasteiger partial charge in [0.2, 0.25) is 0 Å². The van der Waals surface area contributed by atoms with Gasteiger partial charge in [0, 0.05) is 16.1 Å². The number of aromatic nitrogens is 4. The van der Waals surface area contributed by atoms with Crippen LogP contribution in [0.2, 0.25) is 0 Å². The number of H-pyrrole nitrogens is 1. The molecule has 102 valence electrons. The number of anilines is 1. The molecule has 3 rings (SSSR count). The smallest absolute Gasteiger partial charge is 0.181 e. The molecular weight excluding hydrogens is 270 g/mol. The predicted molar refractivity (Wildman–Crippen MR) is 80.7 cm³/mol. The molecule has 1 aromatic carbocycles. The molecule has 0 saturated carbocycles. The summed E-state index contributed by atoms with van der Waals surface area (Å²) < 4.78 is 0. The first kappa shape index (κ1) is 12.8. The van der Waals surface area contributed by atoms with E-state index in [1.807, 2.05) is 37.6 Å². The molecule has 6 heteroatoms. The zero-order valence-electron chi connectivity index (χ0n) is 11.3. The Hall–Kier alpha value is -2.21. The van der Waals surface area contributed by atoms with Crippen LogP contribution < -0.4 is 5.32 Å². The first-order chi connectivity index (χ1) is 9.72. The number of rotatable bonds is 4. The normalized spacial score (nSPS) is 10.7. The molecule has 0 amide bonds. The summed E-state index contributed by atoms with van der Waals surface area (Å²) in [6.07, 6.45) is 0. The summed E-state index contributed by atoms with van der Waals surface area (Å²) in [6, 6.07) is 8.10. The highest BCUT2D eigenvalue weighted by molar-refractivity contribution is 7.09. The predicted octanol–water partition coefficient (Wildman–Crippen LogP) is 3.16. The molecular formula is C14H15N5S. The second kappa shape index (κ2) is 5.42. The van der Waals surface area contributed by atoms with Crippen LogP contribution in [0, 0.1) is 13.8 Å². The van der Waals surface area contributed by atoms with Crippen LogP contribution in [0.4, 0.5) is 5.69 Å². The molecule has 0 saturated heterocycles. The van der Waals surface area contributed by atoms with Crippen LogP contribution in [0.3, 0.4) is 0 Å². The van der Waals surface area contributed by atoms with E-state index in [0.717, 1.165) is 35.1 Å². The fourth-order valence-electron chi connectivity index (χ4n) is 1.92. The Morgan fingerprint density at radius 2 is 2.20 bits per heavy atom. The zero-order valence-corrected chi connectivity index (χ0v) is 12.2. The van der Waals surface area contributed by atoms with Crippen molar-refractivity contribution in [3.63, 3.8) is 0 Å². The third-order valence-electron chi connectivity index (χ3n) is 3.02. The average molecular weight is 285 g/mol. The molecule has 2 aromatic heterocycles. The van der Waals surface area contributed by atoms with E-state index in [1.54, 1.807) is 11.3 Å². The Bertz CT molecular complexity index is 716. The minimum atomic E-state index is 0.722. The third-order valence-corrected chi connectivity index (χ3v) is 3.95. The lowest BCUT2D eigenvalue weighted by Gasteiger charge is -2.06. The summed E-state index contributed by atoms with van der Waals surface area (Å²) in [6.45, 7) is 4.71. The van der Waals surface area contributed by atoms with E-state index in [-0.39, 0.29) is 0 Å². The molecule has 5 nitrogen and oxygen atoms in total. The number of benzene rings is 1. The van der Waals surface area contributed by atoms with E-state index < -0.39 is 0 Å². The van der Waals surface area contributed by atoms with Crippen LogP contribution in [-0.4, -0.2) is 20.2 Å². The van der Waals surface area contributed by atoms with Gasteiger partial charge in [0.15, 0.2) is 5.82 Å². The standard InChI is InChI=1S/C14H15N5S/c1-9-13(20-8-16-9)7-15-12-5-3-4-11(6-12)14-17-10(2)18-19-14/h3-6,8,15H,7H2,1-2H3,(H,17,18,19). The molecule has 0 spiro atoms. The number of nitrogens with one attached hydrogen (secondary N) is 2. The van der Waals surface area contributed by atoms with Gasteiger partial charge in [0.05, 0.1) is 17.7 Å². The summed E-state index contributed by atoms with van der Waals surface area (Å²) in [4.78, 5) is 9.85. The second-order valence-electron chi connectivity index (χ2n) is 4.54. The summed E-state index contributed by atoms with van der Waals surface area (Å²) >= 11 is 1.67. The summed E-state index contributed by atoms with van der Waals surface area (Å²) in [5, 5.41) is 10.4. The van der Waals surface area contributed by atoms with Crippen LogP contribution in [-0.2, 0) is 6.54 Å². The Kier molecular flexibility index (Phi) is 3.47. The van der Waals surface area contributed by atoms with E-state index in [9.17, 15) is 0 Å². The topological polar surface area (TPSA) is 66.5 Å². The third kappa shape index (κ3) is 2.70. The van der Waals surface area contributed by atoms with Gasteiger partial charge in [-0.1, -0.05) is 12.1 Å². The van der Waals surface area contributed by atoms with Crippen molar-refractivity contribution < 1.29 is 0 Å². The largest absolute Gasteiger partial charge is 0.380 e. The molecule has 0 aliphatic carbocycles. The van der Waals surface area contributed by atoms with Gasteiger partial charge in [-0.15, -0.1) is 11.3 Å². The lowest BCUT2D eigenvalue weighted by atomic mass is 10.2. The number of thiazole rings is 1. The van der Waals surface area contributed by atoms with Crippen LogP contribution in [0.1, 0.15) is 16.4 Å². The molecule has 0 unspecified atom stereocenters. The maximum Gasteiger partial charge on any atom is 0.181 e. The molecule has 0 aliphatic rings. The van der Waals surface area contributed by atoms with Crippen molar-refractivity contribution >= 4 is 17.0 Å². The Labute approximate surface area is 121 Å². The van der Waals surface area contributed by atoms with Crippen molar-refractivity contribution in [2.45, 2.75) is 20.4 Å². The SMILES string of the molecule is Cc1nc(-c2cccc(NCc3scnc3C)c2)n[nH]1. The zero-order chi connectivity index (χ0) is 13.9. The van der Waals surface area contributed by atoms with Crippen LogP contribution in [0.5, 0.6) is 0 Å². The lowest BCUT2D eigenvalue weighted by Crippen LogP contribution is -1.99. The van der Waals surface area contributed by atoms with E-state index in [2.05, 4.69) is 31.5 Å². The molecule has 3 aromatic rings. The number of aryl methyl sites for hydroxylation is 2. The summed E-state index contributed by atoms with van der Waals surface area (Å²) in [5.41, 5.74) is 5.01. The maximum atomic E-state index is 4.34. The van der Waals surface area contributed by atoms with Gasteiger partial charge in [-0.3, -0.25) is 5.10 Å². The highest BCUT2D eigenvalue weighted by atomic mass is 32.1. The molecule has 0 radical (unpaired) electrons. The first-order valence-corrected chi connectivity index (χ1v) is 7.22. The first-order valence-electron chi connectivity index (χ1n) is 6.34. The van der Waals surface area contributed by atoms with E-state index in [1.165, 1.54) is 4.88 Å². The van der Waals surface area contributed by atoms with Crippen molar-refractivity contribution in [3.05, 3.63) is 46.2 Å². The lowest BCUT2D eigenvalue weighted by molar-refractivity contribution is 1.04. The van der Waals surface area contributed by atoms with E-state index >= 15 is 0 Å². The van der Waals surface area contributed by atoms with Crippen LogP contribution in [0.25, 0.3) is 11.4 Å². The molecule has 0 fully saturated rings. The molecule has 0 bridgehead atoms. The molecule has 2 heterocycles. The molecule has 20 heavy (non-hydrogen) atoms. The van der Waals surface area contributed by atoms with Gasteiger partial charge in [-0.05, 0) is 26.0 Å². The van der Waals surface area contributed by atoms with Gasteiger partial charge in [-0.25, -0.2) is 9.97 Å². The van der Waals surface area contributed by atoms with Gasteiger partial charge in [0.25, 0.3) is 0 Å². The number of hydrogen-bond donors (Lipinski definition) is 2. The van der Waals surface area contributed by atoms with Crippen LogP contribution in [0.15, 0.2) is 29.8 Å². The van der Waals surface area contributed by atoms with Crippen molar-refractivity contribution in [2.75, 3.05) is 5.32 Å². The Balaban J connectivity index is 1.76. The molecule has 0 aliphatic heterocycles. The van der Waals surface area contributed by atoms with Crippen molar-refractivity contribution in [1.82, 2.24) is 20.2 Å². The Morgan fingerprint density at radius 3 is 2.90 bits per heavy atom. The Morgan fingerprint density at radius 1 is 1.30 bits per heavy atom. The summed E-state index contributed by atoms with van der Waals surface area (Å²) in [5.74, 6) is 1.54. The monoisotopic (exact) mass is 285 g/mol. The maximum absolute atomic E-state index is 4.34. The van der Waals surface area contributed by atoms with Crippen molar-refractivity contribution in [2.24, 2.45) is 0 Å². The van der Waals surface area contributed by atoms with Gasteiger partial charge < -0.3 is 5.32 Å². The number of hydrogen-bond acceptors (Lipinski definition) is 5. The van der Waals surface area contributed by atoms with E-state index in [0.29, 0.717) is 0 Å². The van der Waals surface area contributed by atoms with Gasteiger partial charge in [0.1, 0.15) is 5.82 Å². The number of aromatic amines is 1. The molecule has 2 N–H and O–H groups in total. The highest BCUT2D eigenvalue weighted by Gasteiger charge is 2.05. The van der Waals surface area contributed by atoms with Gasteiger partial charge in [-0.2, -0.15) is 5.10 Å². The quantitative estimate of drug-likeness (QED) is 0.772. The number of nitrogens with zero attached hydrogens (tertiary/aromatic N) is 3. The molecule has 0 atom stereocenters.